The Morgan fingerprint density at radius 3 is 1.55 bits per heavy atom. The summed E-state index contributed by atoms with van der Waals surface area (Å²) in [5, 5.41) is 7.52. The lowest BCUT2D eigenvalue weighted by molar-refractivity contribution is 0.924. The van der Waals surface area contributed by atoms with E-state index in [4.69, 9.17) is 15.0 Å². The molecule has 0 aliphatic rings. The first-order valence-corrected chi connectivity index (χ1v) is 20.4. The second kappa shape index (κ2) is 13.1. The highest BCUT2D eigenvalue weighted by molar-refractivity contribution is 7.25. The van der Waals surface area contributed by atoms with Gasteiger partial charge < -0.3 is 9.13 Å². The van der Waals surface area contributed by atoms with Crippen LogP contribution in [0, 0.1) is 0 Å². The molecule has 58 heavy (non-hydrogen) atoms. The minimum atomic E-state index is 0.507. The molecule has 4 heterocycles. The lowest BCUT2D eigenvalue weighted by Gasteiger charge is -2.17. The summed E-state index contributed by atoms with van der Waals surface area (Å²) in [5.74, 6) is 2.04. The maximum absolute atomic E-state index is 5.14. The van der Waals surface area contributed by atoms with E-state index >= 15 is 0 Å². The Kier molecular flexibility index (Phi) is 7.40. The van der Waals surface area contributed by atoms with E-state index in [0.29, 0.717) is 23.9 Å². The zero-order chi connectivity index (χ0) is 38.2. The topological polar surface area (TPSA) is 48.5 Å². The van der Waals surface area contributed by atoms with Gasteiger partial charge in [0, 0.05) is 65.0 Å². The molecular formula is C52H33N5S. The van der Waals surface area contributed by atoms with Gasteiger partial charge in [-0.1, -0.05) is 140 Å². The quantitative estimate of drug-likeness (QED) is 0.170. The van der Waals surface area contributed by atoms with Gasteiger partial charge in [-0.15, -0.1) is 11.3 Å². The minimum absolute atomic E-state index is 0.507. The summed E-state index contributed by atoms with van der Waals surface area (Å²) in [6.45, 7) is 0. The van der Waals surface area contributed by atoms with Gasteiger partial charge in [-0.3, -0.25) is 0 Å². The van der Waals surface area contributed by atoms with E-state index in [1.54, 1.807) is 0 Å². The lowest BCUT2D eigenvalue weighted by Crippen LogP contribution is -2.07. The Hall–Kier alpha value is -7.41. The first kappa shape index (κ1) is 32.8. The van der Waals surface area contributed by atoms with Crippen molar-refractivity contribution in [1.82, 2.24) is 24.1 Å². The van der Waals surface area contributed by atoms with Gasteiger partial charge in [-0.05, 0) is 54.1 Å². The van der Waals surface area contributed by atoms with Crippen LogP contribution in [0.4, 0.5) is 0 Å². The van der Waals surface area contributed by atoms with Gasteiger partial charge in [0.15, 0.2) is 11.6 Å². The van der Waals surface area contributed by atoms with Gasteiger partial charge in [-0.25, -0.2) is 15.0 Å². The highest BCUT2D eigenvalue weighted by Gasteiger charge is 2.21. The summed E-state index contributed by atoms with van der Waals surface area (Å²) < 4.78 is 7.49. The number of benzene rings is 8. The number of aromatic nitrogens is 5. The zero-order valence-electron chi connectivity index (χ0n) is 31.2. The number of para-hydroxylation sites is 3. The average molecular weight is 760 g/mol. The fourth-order valence-corrected chi connectivity index (χ4v) is 9.92. The predicted octanol–water partition coefficient (Wildman–Crippen LogP) is 13.4. The predicted molar refractivity (Wildman–Crippen MR) is 242 cm³/mol. The van der Waals surface area contributed by atoms with Gasteiger partial charge in [0.25, 0.3) is 0 Å². The molecule has 0 spiro atoms. The molecule has 0 atom stereocenters. The third kappa shape index (κ3) is 5.19. The van der Waals surface area contributed by atoms with Crippen LogP contribution < -0.4 is 0 Å². The van der Waals surface area contributed by atoms with Crippen LogP contribution in [0.1, 0.15) is 11.4 Å². The molecule has 0 aliphatic heterocycles. The normalized spacial score (nSPS) is 11.9. The second-order valence-electron chi connectivity index (χ2n) is 14.8. The van der Waals surface area contributed by atoms with E-state index in [2.05, 4.69) is 161 Å². The first-order valence-electron chi connectivity index (χ1n) is 19.6. The highest BCUT2D eigenvalue weighted by Crippen LogP contribution is 2.42. The maximum atomic E-state index is 5.14. The van der Waals surface area contributed by atoms with Crippen molar-refractivity contribution in [3.8, 4) is 34.2 Å². The SMILES string of the molecule is c1ccc(-c2nc(Cc3ccc(-n4c5ccccc5c5cc6sc7ccccc7c6cc54)cc3-n3c4ccccc4c4ccccc43)nc(-c3ccccc3)n2)cc1. The van der Waals surface area contributed by atoms with Crippen LogP contribution in [0.3, 0.4) is 0 Å². The number of rotatable bonds is 6. The van der Waals surface area contributed by atoms with E-state index in [0.717, 1.165) is 39.1 Å². The summed E-state index contributed by atoms with van der Waals surface area (Å²) in [5.41, 5.74) is 9.89. The molecule has 4 aromatic heterocycles. The van der Waals surface area contributed by atoms with Crippen molar-refractivity contribution < 1.29 is 0 Å². The Bertz CT molecular complexity index is 3430. The monoisotopic (exact) mass is 759 g/mol. The van der Waals surface area contributed by atoms with Crippen molar-refractivity contribution in [3.63, 3.8) is 0 Å². The molecule has 12 aromatic rings. The van der Waals surface area contributed by atoms with Gasteiger partial charge in [-0.2, -0.15) is 0 Å². The van der Waals surface area contributed by atoms with Crippen LogP contribution in [0.2, 0.25) is 0 Å². The Labute approximate surface area is 337 Å². The molecule has 0 bridgehead atoms. The summed E-state index contributed by atoms with van der Waals surface area (Å²) in [6.07, 6.45) is 0.507. The molecule has 12 rings (SSSR count). The van der Waals surface area contributed by atoms with Crippen molar-refractivity contribution in [1.29, 1.82) is 0 Å². The summed E-state index contributed by atoms with van der Waals surface area (Å²) in [4.78, 5) is 15.3. The molecule has 0 saturated carbocycles. The van der Waals surface area contributed by atoms with Crippen LogP contribution in [0.5, 0.6) is 0 Å². The molecule has 0 fully saturated rings. The molecule has 0 N–H and O–H groups in total. The highest BCUT2D eigenvalue weighted by atomic mass is 32.1. The summed E-state index contributed by atoms with van der Waals surface area (Å²) in [6, 6.07) is 67.1. The fourth-order valence-electron chi connectivity index (χ4n) is 8.80. The third-order valence-electron chi connectivity index (χ3n) is 11.4. The largest absolute Gasteiger partial charge is 0.309 e. The van der Waals surface area contributed by atoms with Crippen LogP contribution in [0.15, 0.2) is 188 Å². The lowest BCUT2D eigenvalue weighted by atomic mass is 10.1. The number of hydrogen-bond donors (Lipinski definition) is 0. The number of hydrogen-bond acceptors (Lipinski definition) is 4. The van der Waals surface area contributed by atoms with Gasteiger partial charge >= 0.3 is 0 Å². The molecule has 0 amide bonds. The molecular weight excluding hydrogens is 727 g/mol. The Balaban J connectivity index is 1.12. The molecule has 0 radical (unpaired) electrons. The van der Waals surface area contributed by atoms with Crippen LogP contribution in [-0.2, 0) is 6.42 Å². The maximum Gasteiger partial charge on any atom is 0.163 e. The van der Waals surface area contributed by atoms with Crippen molar-refractivity contribution in [3.05, 3.63) is 199 Å². The fraction of sp³-hybridized carbons (Fsp3) is 0.0192. The van der Waals surface area contributed by atoms with Crippen molar-refractivity contribution in [2.24, 2.45) is 0 Å². The van der Waals surface area contributed by atoms with E-state index in [-0.39, 0.29) is 0 Å². The molecule has 8 aromatic carbocycles. The van der Waals surface area contributed by atoms with Crippen LogP contribution >= 0.6 is 11.3 Å². The number of nitrogens with zero attached hydrogens (tertiary/aromatic N) is 5. The van der Waals surface area contributed by atoms with Gasteiger partial charge in [0.2, 0.25) is 0 Å². The molecule has 6 heteroatoms. The molecule has 5 nitrogen and oxygen atoms in total. The Morgan fingerprint density at radius 1 is 0.379 bits per heavy atom. The average Bonchev–Trinajstić information content (AvgIpc) is 3.93. The smallest absolute Gasteiger partial charge is 0.163 e. The van der Waals surface area contributed by atoms with Gasteiger partial charge in [0.1, 0.15) is 5.82 Å². The van der Waals surface area contributed by atoms with Crippen molar-refractivity contribution in [2.75, 3.05) is 0 Å². The third-order valence-corrected chi connectivity index (χ3v) is 12.5. The van der Waals surface area contributed by atoms with Crippen LogP contribution in [0.25, 0.3) is 97.9 Å². The molecule has 0 saturated heterocycles. The number of thiophene rings is 1. The van der Waals surface area contributed by atoms with E-state index in [1.807, 2.05) is 47.7 Å². The summed E-state index contributed by atoms with van der Waals surface area (Å²) >= 11 is 1.87. The van der Waals surface area contributed by atoms with E-state index < -0.39 is 0 Å². The van der Waals surface area contributed by atoms with Crippen molar-refractivity contribution in [2.45, 2.75) is 6.42 Å². The number of fused-ring (bicyclic) bond motifs is 9. The second-order valence-corrected chi connectivity index (χ2v) is 15.9. The standard InChI is InChI=1S/C52H33N5S/c1-3-15-33(16-4-1)51-53-50(54-52(55-51)34-17-5-2-6-18-34)29-35-27-28-36(30-46(35)57-44-24-12-7-19-37(44)38-20-8-13-25-45(38)57)56-43-23-11-9-21-39(43)41-32-49-42(31-47(41)56)40-22-10-14-26-48(40)58-49/h1-28,30-32H,29H2. The first-order chi connectivity index (χ1) is 28.7. The van der Waals surface area contributed by atoms with Gasteiger partial charge in [0.05, 0.1) is 27.8 Å². The van der Waals surface area contributed by atoms with Crippen LogP contribution in [-0.4, -0.2) is 24.1 Å². The van der Waals surface area contributed by atoms with E-state index in [9.17, 15) is 0 Å². The van der Waals surface area contributed by atoms with Crippen molar-refractivity contribution >= 4 is 75.1 Å². The molecule has 0 unspecified atom stereocenters. The molecule has 272 valence electrons. The molecule has 0 aliphatic carbocycles. The summed E-state index contributed by atoms with van der Waals surface area (Å²) in [7, 11) is 0. The van der Waals surface area contributed by atoms with E-state index in [1.165, 1.54) is 52.8 Å². The minimum Gasteiger partial charge on any atom is -0.309 e. The Morgan fingerprint density at radius 2 is 0.914 bits per heavy atom. The zero-order valence-corrected chi connectivity index (χ0v) is 32.1.